The smallest absolute Gasteiger partial charge is 0.251 e. The lowest BCUT2D eigenvalue weighted by atomic mass is 10.1. The van der Waals surface area contributed by atoms with E-state index in [1.54, 1.807) is 11.3 Å². The Labute approximate surface area is 188 Å². The van der Waals surface area contributed by atoms with Gasteiger partial charge < -0.3 is 15.1 Å². The molecule has 3 aromatic rings. The van der Waals surface area contributed by atoms with Crippen molar-refractivity contribution in [3.05, 3.63) is 53.1 Å². The van der Waals surface area contributed by atoms with Crippen LogP contribution in [-0.2, 0) is 0 Å². The number of benzene rings is 2. The lowest BCUT2D eigenvalue weighted by Crippen LogP contribution is -2.48. The average Bonchev–Trinajstić information content (AvgIpc) is 3.18. The number of aromatic nitrogens is 1. The van der Waals surface area contributed by atoms with Crippen molar-refractivity contribution in [3.8, 4) is 0 Å². The Morgan fingerprint density at radius 1 is 1.10 bits per heavy atom. The highest BCUT2D eigenvalue weighted by Gasteiger charge is 2.20. The summed E-state index contributed by atoms with van der Waals surface area (Å²) in [6.07, 6.45) is 0. The van der Waals surface area contributed by atoms with Crippen LogP contribution in [0.25, 0.3) is 10.2 Å². The second-order valence-electron chi connectivity index (χ2n) is 8.45. The molecule has 6 nitrogen and oxygen atoms in total. The Morgan fingerprint density at radius 3 is 2.48 bits per heavy atom. The molecule has 1 aliphatic rings. The van der Waals surface area contributed by atoms with Crippen molar-refractivity contribution < 1.29 is 4.79 Å². The van der Waals surface area contributed by atoms with E-state index in [-0.39, 0.29) is 5.91 Å². The van der Waals surface area contributed by atoms with Crippen LogP contribution in [0.5, 0.6) is 0 Å². The van der Waals surface area contributed by atoms with E-state index < -0.39 is 0 Å². The number of hydrogen-bond donors (Lipinski definition) is 1. The molecule has 1 fully saturated rings. The quantitative estimate of drug-likeness (QED) is 0.639. The highest BCUT2D eigenvalue weighted by atomic mass is 32.1. The number of nitrogens with zero attached hydrogens (tertiary/aromatic N) is 4. The van der Waals surface area contributed by atoms with E-state index in [9.17, 15) is 4.79 Å². The van der Waals surface area contributed by atoms with Gasteiger partial charge >= 0.3 is 0 Å². The van der Waals surface area contributed by atoms with Crippen molar-refractivity contribution in [2.75, 3.05) is 63.2 Å². The summed E-state index contributed by atoms with van der Waals surface area (Å²) >= 11 is 1.79. The van der Waals surface area contributed by atoms with Gasteiger partial charge in [0.1, 0.15) is 0 Å². The molecule has 0 bridgehead atoms. The van der Waals surface area contributed by atoms with Crippen LogP contribution in [0.3, 0.4) is 0 Å². The molecule has 1 aliphatic heterocycles. The minimum Gasteiger partial charge on any atom is -0.378 e. The molecule has 2 heterocycles. The fraction of sp³-hybridized carbons (Fsp3) is 0.417. The predicted octanol–water partition coefficient (Wildman–Crippen LogP) is 3.53. The van der Waals surface area contributed by atoms with Gasteiger partial charge in [-0.2, -0.15) is 0 Å². The number of anilines is 2. The summed E-state index contributed by atoms with van der Waals surface area (Å²) in [5.74, 6) is -0.0101. The normalized spacial score (nSPS) is 14.8. The number of nitrogens with one attached hydrogen (secondary N) is 1. The monoisotopic (exact) mass is 437 g/mol. The maximum atomic E-state index is 12.4. The van der Waals surface area contributed by atoms with Crippen LogP contribution >= 0.6 is 11.3 Å². The number of hydrogen-bond acceptors (Lipinski definition) is 6. The van der Waals surface area contributed by atoms with Gasteiger partial charge in [0.15, 0.2) is 5.13 Å². The summed E-state index contributed by atoms with van der Waals surface area (Å²) in [4.78, 5) is 24.1. The van der Waals surface area contributed by atoms with Crippen molar-refractivity contribution in [2.45, 2.75) is 13.8 Å². The summed E-state index contributed by atoms with van der Waals surface area (Å²) < 4.78 is 1.27. The molecular weight excluding hydrogens is 406 g/mol. The van der Waals surface area contributed by atoms with Crippen molar-refractivity contribution in [1.82, 2.24) is 15.2 Å². The van der Waals surface area contributed by atoms with Crippen LogP contribution in [0, 0.1) is 13.8 Å². The first kappa shape index (κ1) is 21.6. The third-order valence-electron chi connectivity index (χ3n) is 5.82. The van der Waals surface area contributed by atoms with Gasteiger partial charge in [0.2, 0.25) is 0 Å². The molecular formula is C24H31N5OS. The summed E-state index contributed by atoms with van der Waals surface area (Å²) in [5.41, 5.74) is 5.47. The number of fused-ring (bicyclic) bond motifs is 1. The van der Waals surface area contributed by atoms with Crippen LogP contribution in [0.2, 0.25) is 0 Å². The van der Waals surface area contributed by atoms with Crippen molar-refractivity contribution in [3.63, 3.8) is 0 Å². The lowest BCUT2D eigenvalue weighted by Gasteiger charge is -2.34. The largest absolute Gasteiger partial charge is 0.378 e. The van der Waals surface area contributed by atoms with E-state index in [4.69, 9.17) is 4.98 Å². The Morgan fingerprint density at radius 2 is 1.81 bits per heavy atom. The zero-order valence-electron chi connectivity index (χ0n) is 18.8. The van der Waals surface area contributed by atoms with E-state index in [2.05, 4.69) is 41.1 Å². The van der Waals surface area contributed by atoms with E-state index in [0.29, 0.717) is 12.1 Å². The number of carbonyl (C=O) groups is 1. The molecule has 1 amide bonds. The maximum Gasteiger partial charge on any atom is 0.251 e. The predicted molar refractivity (Wildman–Crippen MR) is 131 cm³/mol. The van der Waals surface area contributed by atoms with Gasteiger partial charge in [-0.05, 0) is 55.3 Å². The molecule has 7 heteroatoms. The first-order valence-corrected chi connectivity index (χ1v) is 11.6. The maximum absolute atomic E-state index is 12.4. The van der Waals surface area contributed by atoms with Crippen LogP contribution in [0.4, 0.5) is 10.8 Å². The Balaban J connectivity index is 1.25. The summed E-state index contributed by atoms with van der Waals surface area (Å²) in [7, 11) is 3.99. The van der Waals surface area contributed by atoms with E-state index in [0.717, 1.165) is 49.1 Å². The highest BCUT2D eigenvalue weighted by molar-refractivity contribution is 7.22. The van der Waals surface area contributed by atoms with E-state index >= 15 is 0 Å². The number of rotatable bonds is 6. The van der Waals surface area contributed by atoms with Gasteiger partial charge in [-0.25, -0.2) is 4.98 Å². The molecule has 0 saturated carbocycles. The van der Waals surface area contributed by atoms with Crippen LogP contribution in [-0.4, -0.2) is 69.2 Å². The molecule has 0 atom stereocenters. The Hall–Kier alpha value is -2.64. The molecule has 4 rings (SSSR count). The van der Waals surface area contributed by atoms with Crippen molar-refractivity contribution >= 4 is 38.3 Å². The summed E-state index contributed by atoms with van der Waals surface area (Å²) in [5, 5.41) is 4.17. The third-order valence-corrected chi connectivity index (χ3v) is 6.88. The molecule has 1 N–H and O–H groups in total. The van der Waals surface area contributed by atoms with Gasteiger partial charge in [0.25, 0.3) is 5.91 Å². The number of carbonyl (C=O) groups excluding carboxylic acids is 1. The number of piperazine rings is 1. The first-order valence-electron chi connectivity index (χ1n) is 10.8. The fourth-order valence-corrected chi connectivity index (χ4v) is 5.19. The number of aryl methyl sites for hydroxylation is 2. The number of amides is 1. The zero-order valence-corrected chi connectivity index (χ0v) is 19.6. The second kappa shape index (κ2) is 9.24. The van der Waals surface area contributed by atoms with Gasteiger partial charge in [-0.15, -0.1) is 0 Å². The van der Waals surface area contributed by atoms with Crippen LogP contribution in [0.1, 0.15) is 21.5 Å². The molecule has 0 aliphatic carbocycles. The second-order valence-corrected chi connectivity index (χ2v) is 9.46. The molecule has 0 radical (unpaired) electrons. The van der Waals surface area contributed by atoms with E-state index in [1.807, 2.05) is 43.3 Å². The molecule has 164 valence electrons. The fourth-order valence-electron chi connectivity index (χ4n) is 4.00. The standard InChI is InChI=1S/C24H31N5OS/c1-17-15-18(2)22-21(16-17)31-24(26-22)29-13-11-28(12-14-29)10-9-25-23(30)19-5-7-20(8-6-19)27(3)4/h5-8,15-16H,9-14H2,1-4H3,(H,25,30). The SMILES string of the molecule is Cc1cc(C)c2nc(N3CCN(CCNC(=O)c4ccc(N(C)C)cc4)CC3)sc2c1. The van der Waals surface area contributed by atoms with E-state index in [1.165, 1.54) is 15.8 Å². The summed E-state index contributed by atoms with van der Waals surface area (Å²) in [6.45, 7) is 9.73. The molecule has 2 aromatic carbocycles. The van der Waals surface area contributed by atoms with Gasteiger partial charge in [-0.3, -0.25) is 9.69 Å². The minimum absolute atomic E-state index is 0.0101. The Kier molecular flexibility index (Phi) is 6.43. The summed E-state index contributed by atoms with van der Waals surface area (Å²) in [6, 6.07) is 12.1. The molecule has 0 spiro atoms. The van der Waals surface area contributed by atoms with Crippen molar-refractivity contribution in [2.24, 2.45) is 0 Å². The average molecular weight is 438 g/mol. The first-order chi connectivity index (χ1) is 14.9. The topological polar surface area (TPSA) is 51.7 Å². The van der Waals surface area contributed by atoms with Crippen LogP contribution in [0.15, 0.2) is 36.4 Å². The van der Waals surface area contributed by atoms with Gasteiger partial charge in [-0.1, -0.05) is 17.4 Å². The molecule has 1 aromatic heterocycles. The Bertz CT molecular complexity index is 1050. The highest BCUT2D eigenvalue weighted by Crippen LogP contribution is 2.32. The molecule has 1 saturated heterocycles. The minimum atomic E-state index is -0.0101. The zero-order chi connectivity index (χ0) is 22.0. The van der Waals surface area contributed by atoms with Crippen molar-refractivity contribution in [1.29, 1.82) is 0 Å². The molecule has 0 unspecified atom stereocenters. The molecule has 31 heavy (non-hydrogen) atoms. The lowest BCUT2D eigenvalue weighted by molar-refractivity contribution is 0.0948. The van der Waals surface area contributed by atoms with Gasteiger partial charge in [0.05, 0.1) is 10.2 Å². The number of thiazole rings is 1. The van der Waals surface area contributed by atoms with Crippen LogP contribution < -0.4 is 15.1 Å². The third kappa shape index (κ3) is 4.99. The van der Waals surface area contributed by atoms with Gasteiger partial charge in [0, 0.05) is 64.6 Å².